The zero-order chi connectivity index (χ0) is 17.7. The molecule has 0 aliphatic carbocycles. The van der Waals surface area contributed by atoms with Crippen LogP contribution in [-0.4, -0.2) is 27.5 Å². The number of hydrogen-bond acceptors (Lipinski definition) is 6. The van der Waals surface area contributed by atoms with Crippen molar-refractivity contribution in [2.24, 2.45) is 0 Å². The number of H-pyrrole nitrogens is 1. The van der Waals surface area contributed by atoms with Gasteiger partial charge < -0.3 is 10.6 Å². The number of ketones is 1. The smallest absolute Gasteiger partial charge is 0.171 e. The van der Waals surface area contributed by atoms with E-state index in [0.29, 0.717) is 16.5 Å². The quantitative estimate of drug-likeness (QED) is 0.702. The Labute approximate surface area is 150 Å². The van der Waals surface area contributed by atoms with Crippen LogP contribution in [0.5, 0.6) is 0 Å². The van der Waals surface area contributed by atoms with Crippen molar-refractivity contribution in [3.63, 3.8) is 0 Å². The summed E-state index contributed by atoms with van der Waals surface area (Å²) in [6.07, 6.45) is 4.56. The number of nitrogens with zero attached hydrogens (tertiary/aromatic N) is 3. The van der Waals surface area contributed by atoms with Crippen LogP contribution in [0.25, 0.3) is 10.1 Å². The molecule has 4 heterocycles. The summed E-state index contributed by atoms with van der Waals surface area (Å²) in [6, 6.07) is 0. The Kier molecular flexibility index (Phi) is 3.76. The fourth-order valence-corrected chi connectivity index (χ4v) is 4.56. The molecule has 0 spiro atoms. The molecule has 0 unspecified atom stereocenters. The van der Waals surface area contributed by atoms with Gasteiger partial charge in [-0.1, -0.05) is 13.8 Å². The van der Waals surface area contributed by atoms with Crippen molar-refractivity contribution in [2.75, 3.05) is 17.2 Å². The highest BCUT2D eigenvalue weighted by atomic mass is 32.1. The Hall–Kier alpha value is -2.41. The van der Waals surface area contributed by atoms with Gasteiger partial charge >= 0.3 is 0 Å². The second kappa shape index (κ2) is 5.84. The minimum absolute atomic E-state index is 0.00232. The van der Waals surface area contributed by atoms with E-state index in [4.69, 9.17) is 5.73 Å². The average Bonchev–Trinajstić information content (AvgIpc) is 3.15. The van der Waals surface area contributed by atoms with Gasteiger partial charge in [0.2, 0.25) is 0 Å². The molecule has 0 bridgehead atoms. The third kappa shape index (κ3) is 2.50. The Bertz CT molecular complexity index is 971. The Morgan fingerprint density at radius 2 is 2.20 bits per heavy atom. The lowest BCUT2D eigenvalue weighted by Gasteiger charge is -2.30. The predicted octanol–water partition coefficient (Wildman–Crippen LogP) is 3.49. The van der Waals surface area contributed by atoms with E-state index in [9.17, 15) is 4.79 Å². The molecule has 0 saturated carbocycles. The molecule has 130 valence electrons. The van der Waals surface area contributed by atoms with Gasteiger partial charge in [-0.2, -0.15) is 5.10 Å². The van der Waals surface area contributed by atoms with E-state index in [0.717, 1.165) is 41.0 Å². The molecule has 3 aromatic rings. The van der Waals surface area contributed by atoms with E-state index < -0.39 is 0 Å². The molecule has 25 heavy (non-hydrogen) atoms. The van der Waals surface area contributed by atoms with Gasteiger partial charge in [-0.15, -0.1) is 11.3 Å². The standard InChI is InChI=1S/C18H21N5OS/c1-9(2)17-11-8-23(5-4-12(11)21-22-17)13-6-20-7-14-15(13)16(19)18(25-14)10(3)24/h6-7,9H,4-5,8,19H2,1-3H3,(H,21,22). The average molecular weight is 355 g/mol. The maximum atomic E-state index is 11.9. The summed E-state index contributed by atoms with van der Waals surface area (Å²) in [5.74, 6) is 0.381. The minimum Gasteiger partial charge on any atom is -0.397 e. The highest BCUT2D eigenvalue weighted by Gasteiger charge is 2.26. The molecule has 0 amide bonds. The van der Waals surface area contributed by atoms with Crippen molar-refractivity contribution in [3.05, 3.63) is 34.2 Å². The lowest BCUT2D eigenvalue weighted by atomic mass is 9.99. The van der Waals surface area contributed by atoms with E-state index in [1.807, 2.05) is 6.20 Å². The number of nitrogens with two attached hydrogens (primary N) is 1. The molecule has 0 atom stereocenters. The number of hydrogen-bond donors (Lipinski definition) is 2. The van der Waals surface area contributed by atoms with Gasteiger partial charge in [0.25, 0.3) is 0 Å². The molecular formula is C18H21N5OS. The first-order valence-corrected chi connectivity index (χ1v) is 9.27. The maximum Gasteiger partial charge on any atom is 0.171 e. The van der Waals surface area contributed by atoms with Gasteiger partial charge in [-0.25, -0.2) is 0 Å². The number of thiophene rings is 1. The summed E-state index contributed by atoms with van der Waals surface area (Å²) in [6.45, 7) is 7.53. The number of Topliss-reactive ketones (excluding diaryl/α,β-unsaturated/α-hetero) is 1. The number of nitrogen functional groups attached to an aromatic ring is 1. The highest BCUT2D eigenvalue weighted by molar-refractivity contribution is 7.21. The molecule has 0 fully saturated rings. The molecule has 1 aliphatic rings. The molecule has 0 aromatic carbocycles. The van der Waals surface area contributed by atoms with Gasteiger partial charge in [0.1, 0.15) is 0 Å². The fraction of sp³-hybridized carbons (Fsp3) is 0.389. The van der Waals surface area contributed by atoms with Crippen LogP contribution in [0.2, 0.25) is 0 Å². The van der Waals surface area contributed by atoms with Gasteiger partial charge in [0.15, 0.2) is 5.78 Å². The first kappa shape index (κ1) is 16.1. The number of carbonyl (C=O) groups is 1. The molecule has 0 saturated heterocycles. The number of rotatable bonds is 3. The monoisotopic (exact) mass is 355 g/mol. The van der Waals surface area contributed by atoms with Gasteiger partial charge in [-0.3, -0.25) is 14.9 Å². The molecule has 3 aromatic heterocycles. The summed E-state index contributed by atoms with van der Waals surface area (Å²) < 4.78 is 0.960. The number of anilines is 2. The molecule has 6 nitrogen and oxygen atoms in total. The van der Waals surface area contributed by atoms with Crippen LogP contribution in [-0.2, 0) is 13.0 Å². The molecule has 7 heteroatoms. The van der Waals surface area contributed by atoms with Crippen molar-refractivity contribution >= 4 is 38.6 Å². The number of nitrogens with one attached hydrogen (secondary N) is 1. The normalized spacial score (nSPS) is 14.3. The van der Waals surface area contributed by atoms with E-state index in [2.05, 4.69) is 33.9 Å². The first-order chi connectivity index (χ1) is 12.0. The predicted molar refractivity (Wildman–Crippen MR) is 101 cm³/mol. The Balaban J connectivity index is 1.80. The molecular weight excluding hydrogens is 334 g/mol. The minimum atomic E-state index is 0.00232. The van der Waals surface area contributed by atoms with Crippen molar-refractivity contribution in [2.45, 2.75) is 39.7 Å². The SMILES string of the molecule is CC(=O)c1sc2cncc(N3CCc4[nH]nc(C(C)C)c4C3)c2c1N. The Morgan fingerprint density at radius 1 is 1.40 bits per heavy atom. The van der Waals surface area contributed by atoms with E-state index in [1.54, 1.807) is 13.1 Å². The van der Waals surface area contributed by atoms with E-state index in [1.165, 1.54) is 22.6 Å². The number of pyridine rings is 1. The van der Waals surface area contributed by atoms with Crippen LogP contribution >= 0.6 is 11.3 Å². The largest absolute Gasteiger partial charge is 0.397 e. The zero-order valence-corrected chi connectivity index (χ0v) is 15.4. The zero-order valence-electron chi connectivity index (χ0n) is 14.6. The second-order valence-corrected chi connectivity index (χ2v) is 7.88. The number of carbonyl (C=O) groups excluding carboxylic acids is 1. The van der Waals surface area contributed by atoms with Crippen LogP contribution in [0, 0.1) is 0 Å². The van der Waals surface area contributed by atoms with Crippen molar-refractivity contribution in [1.29, 1.82) is 0 Å². The van der Waals surface area contributed by atoms with Gasteiger partial charge in [-0.05, 0) is 5.92 Å². The second-order valence-electron chi connectivity index (χ2n) is 6.83. The van der Waals surface area contributed by atoms with Crippen molar-refractivity contribution in [1.82, 2.24) is 15.2 Å². The summed E-state index contributed by atoms with van der Waals surface area (Å²) in [4.78, 5) is 19.2. The lowest BCUT2D eigenvalue weighted by Crippen LogP contribution is -2.30. The molecule has 1 aliphatic heterocycles. The number of aromatic nitrogens is 3. The fourth-order valence-electron chi connectivity index (χ4n) is 3.56. The first-order valence-electron chi connectivity index (χ1n) is 8.45. The lowest BCUT2D eigenvalue weighted by molar-refractivity contribution is 0.102. The van der Waals surface area contributed by atoms with Crippen LogP contribution in [0.3, 0.4) is 0 Å². The van der Waals surface area contributed by atoms with E-state index >= 15 is 0 Å². The summed E-state index contributed by atoms with van der Waals surface area (Å²) in [7, 11) is 0. The molecule has 4 rings (SSSR count). The summed E-state index contributed by atoms with van der Waals surface area (Å²) in [5.41, 5.74) is 11.5. The maximum absolute atomic E-state index is 11.9. The van der Waals surface area contributed by atoms with Crippen LogP contribution in [0.1, 0.15) is 53.3 Å². The Morgan fingerprint density at radius 3 is 2.92 bits per heavy atom. The topological polar surface area (TPSA) is 87.9 Å². The number of aromatic amines is 1. The van der Waals surface area contributed by atoms with Crippen LogP contribution in [0.4, 0.5) is 11.4 Å². The third-order valence-electron chi connectivity index (χ3n) is 4.79. The van der Waals surface area contributed by atoms with Crippen molar-refractivity contribution in [3.8, 4) is 0 Å². The van der Waals surface area contributed by atoms with Gasteiger partial charge in [0.05, 0.1) is 32.8 Å². The number of fused-ring (bicyclic) bond motifs is 2. The van der Waals surface area contributed by atoms with Crippen LogP contribution < -0.4 is 10.6 Å². The van der Waals surface area contributed by atoms with E-state index in [-0.39, 0.29) is 5.78 Å². The third-order valence-corrected chi connectivity index (χ3v) is 6.03. The highest BCUT2D eigenvalue weighted by Crippen LogP contribution is 2.40. The van der Waals surface area contributed by atoms with Crippen LogP contribution in [0.15, 0.2) is 12.4 Å². The molecule has 0 radical (unpaired) electrons. The molecule has 3 N–H and O–H groups in total. The van der Waals surface area contributed by atoms with Crippen molar-refractivity contribution < 1.29 is 4.79 Å². The van der Waals surface area contributed by atoms with Gasteiger partial charge in [0, 0.05) is 49.3 Å². The summed E-state index contributed by atoms with van der Waals surface area (Å²) >= 11 is 1.42. The summed E-state index contributed by atoms with van der Waals surface area (Å²) in [5, 5.41) is 8.63.